The third kappa shape index (κ3) is 2.69. The lowest BCUT2D eigenvalue weighted by Crippen LogP contribution is -2.31. The predicted octanol–water partition coefficient (Wildman–Crippen LogP) is 3.00. The number of pyridine rings is 1. The molecule has 1 aliphatic rings. The van der Waals surface area contributed by atoms with E-state index in [0.29, 0.717) is 17.3 Å². The number of hydrogen-bond donors (Lipinski definition) is 0. The Bertz CT molecular complexity index is 605. The van der Waals surface area contributed by atoms with Gasteiger partial charge in [0.05, 0.1) is 17.3 Å². The van der Waals surface area contributed by atoms with E-state index in [0.717, 1.165) is 25.9 Å². The molecule has 0 bridgehead atoms. The van der Waals surface area contributed by atoms with Crippen molar-refractivity contribution in [2.24, 2.45) is 0 Å². The van der Waals surface area contributed by atoms with Crippen molar-refractivity contribution >= 4 is 11.6 Å². The molecule has 4 nitrogen and oxygen atoms in total. The Labute approximate surface area is 122 Å². The monoisotopic (exact) mass is 294 g/mol. The van der Waals surface area contributed by atoms with Gasteiger partial charge in [0, 0.05) is 18.5 Å². The minimum Gasteiger partial charge on any atom is -0.306 e. The molecule has 2 aromatic heterocycles. The van der Waals surface area contributed by atoms with Gasteiger partial charge in [-0.3, -0.25) is 4.68 Å². The minimum atomic E-state index is -0.390. The molecule has 20 heavy (non-hydrogen) atoms. The second-order valence-electron chi connectivity index (χ2n) is 5.20. The second kappa shape index (κ2) is 5.50. The number of aromatic nitrogens is 3. The Balaban J connectivity index is 1.83. The Morgan fingerprint density at radius 3 is 2.80 bits per heavy atom. The minimum absolute atomic E-state index is 0.154. The first-order chi connectivity index (χ1) is 9.63. The van der Waals surface area contributed by atoms with E-state index in [1.54, 1.807) is 0 Å². The Morgan fingerprint density at radius 2 is 2.10 bits per heavy atom. The van der Waals surface area contributed by atoms with Crippen LogP contribution in [0, 0.1) is 5.82 Å². The first-order valence-electron chi connectivity index (χ1n) is 6.68. The largest absolute Gasteiger partial charge is 0.306 e. The van der Waals surface area contributed by atoms with Crippen molar-refractivity contribution in [1.82, 2.24) is 19.7 Å². The average molecular weight is 295 g/mol. The van der Waals surface area contributed by atoms with Gasteiger partial charge in [0.2, 0.25) is 0 Å². The first-order valence-corrected chi connectivity index (χ1v) is 7.06. The molecule has 1 fully saturated rings. The highest BCUT2D eigenvalue weighted by Gasteiger charge is 2.19. The second-order valence-corrected chi connectivity index (χ2v) is 5.59. The van der Waals surface area contributed by atoms with Gasteiger partial charge in [-0.15, -0.1) is 0 Å². The molecule has 0 atom stereocenters. The summed E-state index contributed by atoms with van der Waals surface area (Å²) >= 11 is 5.66. The summed E-state index contributed by atoms with van der Waals surface area (Å²) in [5.74, 6) is -0.390. The maximum absolute atomic E-state index is 13.9. The number of piperidine rings is 1. The van der Waals surface area contributed by atoms with Crippen LogP contribution in [-0.2, 0) is 0 Å². The van der Waals surface area contributed by atoms with Gasteiger partial charge < -0.3 is 4.90 Å². The fraction of sp³-hybridized carbons (Fsp3) is 0.429. The molecule has 0 aromatic carbocycles. The third-order valence-electron chi connectivity index (χ3n) is 3.77. The number of rotatable bonds is 2. The number of hydrogen-bond acceptors (Lipinski definition) is 3. The summed E-state index contributed by atoms with van der Waals surface area (Å²) in [5.41, 5.74) is 0.992. The highest BCUT2D eigenvalue weighted by atomic mass is 35.5. The zero-order chi connectivity index (χ0) is 14.1. The molecule has 3 heterocycles. The zero-order valence-electron chi connectivity index (χ0n) is 11.3. The number of halogens is 2. The first kappa shape index (κ1) is 13.5. The maximum Gasteiger partial charge on any atom is 0.137 e. The summed E-state index contributed by atoms with van der Waals surface area (Å²) in [5, 5.41) is 4.65. The van der Waals surface area contributed by atoms with E-state index in [1.165, 1.54) is 12.3 Å². The van der Waals surface area contributed by atoms with Gasteiger partial charge in [0.15, 0.2) is 0 Å². The molecule has 106 valence electrons. The van der Waals surface area contributed by atoms with Crippen LogP contribution in [0.4, 0.5) is 4.39 Å². The summed E-state index contributed by atoms with van der Waals surface area (Å²) in [6, 6.07) is 3.43. The highest BCUT2D eigenvalue weighted by Crippen LogP contribution is 2.25. The van der Waals surface area contributed by atoms with Crippen LogP contribution in [0.25, 0.3) is 11.3 Å². The molecule has 0 radical (unpaired) electrons. The van der Waals surface area contributed by atoms with E-state index < -0.39 is 5.82 Å². The van der Waals surface area contributed by atoms with Gasteiger partial charge >= 0.3 is 0 Å². The fourth-order valence-corrected chi connectivity index (χ4v) is 2.69. The van der Waals surface area contributed by atoms with Crippen molar-refractivity contribution in [2.45, 2.75) is 18.9 Å². The van der Waals surface area contributed by atoms with E-state index in [-0.39, 0.29) is 5.15 Å². The van der Waals surface area contributed by atoms with Crippen LogP contribution in [0.1, 0.15) is 18.9 Å². The summed E-state index contributed by atoms with van der Waals surface area (Å²) in [6.45, 7) is 2.13. The van der Waals surface area contributed by atoms with E-state index in [1.807, 2.05) is 16.9 Å². The molecule has 0 saturated carbocycles. The molecule has 1 aliphatic heterocycles. The topological polar surface area (TPSA) is 34.0 Å². The molecule has 0 unspecified atom stereocenters. The molecular formula is C14H16ClFN4. The third-order valence-corrected chi connectivity index (χ3v) is 3.97. The zero-order valence-corrected chi connectivity index (χ0v) is 12.0. The van der Waals surface area contributed by atoms with E-state index >= 15 is 0 Å². The van der Waals surface area contributed by atoms with Crippen LogP contribution in [0.15, 0.2) is 24.5 Å². The Hall–Kier alpha value is -1.46. The normalized spacial score (nSPS) is 17.6. The van der Waals surface area contributed by atoms with Gasteiger partial charge in [-0.2, -0.15) is 5.10 Å². The van der Waals surface area contributed by atoms with Gasteiger partial charge in [-0.1, -0.05) is 11.6 Å². The van der Waals surface area contributed by atoms with E-state index in [4.69, 9.17) is 11.6 Å². The van der Waals surface area contributed by atoms with Gasteiger partial charge in [-0.25, -0.2) is 9.37 Å². The van der Waals surface area contributed by atoms with Crippen LogP contribution in [0.3, 0.4) is 0 Å². The quantitative estimate of drug-likeness (QED) is 0.799. The summed E-state index contributed by atoms with van der Waals surface area (Å²) in [4.78, 5) is 6.23. The van der Waals surface area contributed by atoms with Crippen molar-refractivity contribution in [3.63, 3.8) is 0 Å². The summed E-state index contributed by atoms with van der Waals surface area (Å²) in [6.07, 6.45) is 5.48. The van der Waals surface area contributed by atoms with Gasteiger partial charge in [0.25, 0.3) is 0 Å². The van der Waals surface area contributed by atoms with E-state index in [9.17, 15) is 4.39 Å². The molecule has 2 aromatic rings. The highest BCUT2D eigenvalue weighted by molar-refractivity contribution is 6.29. The number of likely N-dealkylation sites (tertiary alicyclic amines) is 1. The van der Waals surface area contributed by atoms with Crippen molar-refractivity contribution < 1.29 is 4.39 Å². The van der Waals surface area contributed by atoms with Crippen LogP contribution < -0.4 is 0 Å². The molecule has 0 amide bonds. The maximum atomic E-state index is 13.9. The lowest BCUT2D eigenvalue weighted by atomic mass is 10.1. The van der Waals surface area contributed by atoms with Crippen LogP contribution in [0.5, 0.6) is 0 Å². The SMILES string of the molecule is CN1CCC(n2ccc(-c3cnc(Cl)cc3F)n2)CC1. The van der Waals surface area contributed by atoms with Crippen LogP contribution in [0.2, 0.25) is 5.15 Å². The molecule has 0 spiro atoms. The van der Waals surface area contributed by atoms with Crippen LogP contribution >= 0.6 is 11.6 Å². The molecular weight excluding hydrogens is 279 g/mol. The van der Waals surface area contributed by atoms with Crippen molar-refractivity contribution in [2.75, 3.05) is 20.1 Å². The lowest BCUT2D eigenvalue weighted by Gasteiger charge is -2.29. The number of nitrogens with zero attached hydrogens (tertiary/aromatic N) is 4. The summed E-state index contributed by atoms with van der Waals surface area (Å²) < 4.78 is 15.8. The van der Waals surface area contributed by atoms with Crippen molar-refractivity contribution in [3.8, 4) is 11.3 Å². The van der Waals surface area contributed by atoms with Crippen molar-refractivity contribution in [3.05, 3.63) is 35.5 Å². The molecule has 0 N–H and O–H groups in total. The molecule has 6 heteroatoms. The lowest BCUT2D eigenvalue weighted by molar-refractivity contribution is 0.212. The van der Waals surface area contributed by atoms with Gasteiger partial charge in [0.1, 0.15) is 11.0 Å². The fourth-order valence-electron chi connectivity index (χ4n) is 2.54. The van der Waals surface area contributed by atoms with Crippen molar-refractivity contribution in [1.29, 1.82) is 0 Å². The Morgan fingerprint density at radius 1 is 1.35 bits per heavy atom. The molecule has 1 saturated heterocycles. The smallest absolute Gasteiger partial charge is 0.137 e. The summed E-state index contributed by atoms with van der Waals surface area (Å²) in [7, 11) is 2.12. The standard InChI is InChI=1S/C14H16ClFN4/c1-19-5-2-10(3-6-19)20-7-4-13(18-20)11-9-17-14(15)8-12(11)16/h4,7-10H,2-3,5-6H2,1H3. The molecule has 0 aliphatic carbocycles. The predicted molar refractivity (Wildman–Crippen MR) is 76.2 cm³/mol. The average Bonchev–Trinajstić information content (AvgIpc) is 2.89. The molecule has 3 rings (SSSR count). The Kier molecular flexibility index (Phi) is 3.72. The van der Waals surface area contributed by atoms with E-state index in [2.05, 4.69) is 22.0 Å². The van der Waals surface area contributed by atoms with Crippen LogP contribution in [-0.4, -0.2) is 39.8 Å². The van der Waals surface area contributed by atoms with Gasteiger partial charge in [-0.05, 0) is 39.0 Å².